The van der Waals surface area contributed by atoms with Gasteiger partial charge in [0.15, 0.2) is 0 Å². The van der Waals surface area contributed by atoms with Gasteiger partial charge in [0, 0.05) is 25.0 Å². The van der Waals surface area contributed by atoms with E-state index in [1.807, 2.05) is 6.92 Å². The minimum absolute atomic E-state index is 0.0351. The van der Waals surface area contributed by atoms with Crippen molar-refractivity contribution in [2.75, 3.05) is 13.6 Å². The third kappa shape index (κ3) is 2.42. The maximum atomic E-state index is 11.4. The molecule has 0 radical (unpaired) electrons. The van der Waals surface area contributed by atoms with Gasteiger partial charge in [-0.15, -0.1) is 0 Å². The third-order valence-electron chi connectivity index (χ3n) is 1.82. The van der Waals surface area contributed by atoms with Gasteiger partial charge in [0.1, 0.15) is 6.54 Å². The van der Waals surface area contributed by atoms with E-state index in [-0.39, 0.29) is 18.0 Å². The number of nitrogens with zero attached hydrogens (tertiary/aromatic N) is 2. The zero-order valence-electron chi connectivity index (χ0n) is 7.69. The van der Waals surface area contributed by atoms with Gasteiger partial charge in [-0.25, -0.2) is 0 Å². The van der Waals surface area contributed by atoms with Crippen LogP contribution in [0, 0.1) is 0 Å². The maximum Gasteiger partial charge on any atom is 0.261 e. The van der Waals surface area contributed by atoms with Gasteiger partial charge in [-0.3, -0.25) is 13.5 Å². The van der Waals surface area contributed by atoms with E-state index in [1.54, 1.807) is 17.3 Å². The van der Waals surface area contributed by atoms with Crippen LogP contribution in [0.15, 0.2) is 16.2 Å². The molecule has 0 saturated carbocycles. The molecule has 13 heavy (non-hydrogen) atoms. The fourth-order valence-corrected chi connectivity index (χ4v) is 1.51. The molecule has 1 amide bonds. The summed E-state index contributed by atoms with van der Waals surface area (Å²) < 4.78 is 1.44. The molecule has 1 aromatic rings. The fraction of sp³-hybridized carbons (Fsp3) is 0.500. The summed E-state index contributed by atoms with van der Waals surface area (Å²) >= 11 is 1.26. The number of hydrogen-bond acceptors (Lipinski definition) is 3. The molecule has 0 aromatic carbocycles. The van der Waals surface area contributed by atoms with Gasteiger partial charge in [0.2, 0.25) is 5.91 Å². The van der Waals surface area contributed by atoms with Crippen molar-refractivity contribution in [3.05, 3.63) is 21.8 Å². The van der Waals surface area contributed by atoms with Gasteiger partial charge in [-0.2, -0.15) is 0 Å². The second-order valence-corrected chi connectivity index (χ2v) is 3.61. The lowest BCUT2D eigenvalue weighted by atomic mass is 10.5. The first-order valence-electron chi connectivity index (χ1n) is 4.04. The Morgan fingerprint density at radius 1 is 1.69 bits per heavy atom. The molecule has 0 atom stereocenters. The third-order valence-corrected chi connectivity index (χ3v) is 2.64. The number of likely N-dealkylation sites (N-methyl/N-ethyl adjacent to an activating group) is 1. The molecule has 1 heterocycles. The van der Waals surface area contributed by atoms with Crippen LogP contribution in [0.1, 0.15) is 6.92 Å². The molecule has 4 nitrogen and oxygen atoms in total. The van der Waals surface area contributed by atoms with Crippen molar-refractivity contribution in [3.8, 4) is 0 Å². The van der Waals surface area contributed by atoms with Crippen LogP contribution in [0.3, 0.4) is 0 Å². The number of carbonyl (C=O) groups excluding carboxylic acids is 1. The Kier molecular flexibility index (Phi) is 3.25. The number of rotatable bonds is 3. The van der Waals surface area contributed by atoms with Crippen LogP contribution in [-0.2, 0) is 11.3 Å². The zero-order valence-corrected chi connectivity index (χ0v) is 8.50. The van der Waals surface area contributed by atoms with E-state index in [0.717, 1.165) is 0 Å². The molecule has 72 valence electrons. The minimum atomic E-state index is -0.108. The molecule has 0 bridgehead atoms. The first kappa shape index (κ1) is 9.98. The summed E-state index contributed by atoms with van der Waals surface area (Å²) in [5.74, 6) is -0.0351. The Bertz CT molecular complexity index is 342. The molecule has 0 fully saturated rings. The molecule has 0 spiro atoms. The number of aromatic nitrogens is 1. The molecular formula is C8H12N2O2S. The van der Waals surface area contributed by atoms with Crippen LogP contribution in [0.5, 0.6) is 0 Å². The second kappa shape index (κ2) is 4.23. The number of amides is 1. The smallest absolute Gasteiger partial charge is 0.261 e. The topological polar surface area (TPSA) is 42.3 Å². The first-order valence-corrected chi connectivity index (χ1v) is 4.87. The standard InChI is InChI=1S/C8H12N2O2S/c1-3-9(2)8(12)6-10-7(11)4-5-13-10/h4-5H,3,6H2,1-2H3. The molecule has 0 N–H and O–H groups in total. The average molecular weight is 200 g/mol. The molecule has 5 heteroatoms. The predicted molar refractivity (Wildman–Crippen MR) is 51.9 cm³/mol. The van der Waals surface area contributed by atoms with Gasteiger partial charge in [-0.1, -0.05) is 11.5 Å². The van der Waals surface area contributed by atoms with Gasteiger partial charge in [-0.05, 0) is 6.92 Å². The van der Waals surface area contributed by atoms with E-state index in [1.165, 1.54) is 21.6 Å². The highest BCUT2D eigenvalue weighted by atomic mass is 32.1. The lowest BCUT2D eigenvalue weighted by Crippen LogP contribution is -2.31. The Hall–Kier alpha value is -1.10. The Morgan fingerprint density at radius 2 is 2.38 bits per heavy atom. The Balaban J connectivity index is 2.65. The average Bonchev–Trinajstić information content (AvgIpc) is 2.50. The van der Waals surface area contributed by atoms with E-state index < -0.39 is 0 Å². The second-order valence-electron chi connectivity index (χ2n) is 2.69. The normalized spacial score (nSPS) is 10.0. The summed E-state index contributed by atoms with van der Waals surface area (Å²) in [4.78, 5) is 24.0. The minimum Gasteiger partial charge on any atom is -0.344 e. The van der Waals surface area contributed by atoms with Gasteiger partial charge >= 0.3 is 0 Å². The van der Waals surface area contributed by atoms with Crippen molar-refractivity contribution in [2.45, 2.75) is 13.5 Å². The van der Waals surface area contributed by atoms with E-state index >= 15 is 0 Å². The highest BCUT2D eigenvalue weighted by molar-refractivity contribution is 7.04. The molecule has 0 saturated heterocycles. The Labute approximate surface area is 80.6 Å². The highest BCUT2D eigenvalue weighted by Crippen LogP contribution is 1.94. The van der Waals surface area contributed by atoms with Crippen LogP contribution >= 0.6 is 11.5 Å². The van der Waals surface area contributed by atoms with E-state index in [4.69, 9.17) is 0 Å². The largest absolute Gasteiger partial charge is 0.344 e. The molecule has 0 aliphatic rings. The lowest BCUT2D eigenvalue weighted by molar-refractivity contribution is -0.130. The van der Waals surface area contributed by atoms with Crippen molar-refractivity contribution in [3.63, 3.8) is 0 Å². The summed E-state index contributed by atoms with van der Waals surface area (Å²) in [6, 6.07) is 1.46. The summed E-state index contributed by atoms with van der Waals surface area (Å²) in [5.41, 5.74) is -0.108. The summed E-state index contributed by atoms with van der Waals surface area (Å²) in [6.45, 7) is 2.72. The highest BCUT2D eigenvalue weighted by Gasteiger charge is 2.08. The molecule has 0 aliphatic carbocycles. The fourth-order valence-electron chi connectivity index (χ4n) is 0.832. The lowest BCUT2D eigenvalue weighted by Gasteiger charge is -2.13. The van der Waals surface area contributed by atoms with E-state index in [2.05, 4.69) is 0 Å². The molecule has 1 rings (SSSR count). The van der Waals surface area contributed by atoms with Crippen LogP contribution < -0.4 is 5.56 Å². The van der Waals surface area contributed by atoms with Crippen LogP contribution in [0.4, 0.5) is 0 Å². The van der Waals surface area contributed by atoms with Crippen molar-refractivity contribution >= 4 is 17.4 Å². The molecule has 0 unspecified atom stereocenters. The SMILES string of the molecule is CCN(C)C(=O)Cn1sccc1=O. The van der Waals surface area contributed by atoms with Gasteiger partial charge in [0.25, 0.3) is 5.56 Å². The molecule has 1 aromatic heterocycles. The number of hydrogen-bond donors (Lipinski definition) is 0. The van der Waals surface area contributed by atoms with E-state index in [0.29, 0.717) is 6.54 Å². The van der Waals surface area contributed by atoms with E-state index in [9.17, 15) is 9.59 Å². The van der Waals surface area contributed by atoms with Crippen molar-refractivity contribution < 1.29 is 4.79 Å². The predicted octanol–water partition coefficient (Wildman–Crippen LogP) is 0.388. The quantitative estimate of drug-likeness (QED) is 0.708. The van der Waals surface area contributed by atoms with Crippen molar-refractivity contribution in [2.24, 2.45) is 0 Å². The summed E-state index contributed by atoms with van der Waals surface area (Å²) in [6.07, 6.45) is 0. The monoisotopic (exact) mass is 200 g/mol. The number of carbonyl (C=O) groups is 1. The molecule has 0 aliphatic heterocycles. The van der Waals surface area contributed by atoms with Gasteiger partial charge in [0.05, 0.1) is 0 Å². The summed E-state index contributed by atoms with van der Waals surface area (Å²) in [7, 11) is 1.72. The van der Waals surface area contributed by atoms with Crippen molar-refractivity contribution in [1.29, 1.82) is 0 Å². The van der Waals surface area contributed by atoms with Crippen molar-refractivity contribution in [1.82, 2.24) is 8.86 Å². The molecular weight excluding hydrogens is 188 g/mol. The van der Waals surface area contributed by atoms with Crippen LogP contribution in [0.25, 0.3) is 0 Å². The Morgan fingerprint density at radius 3 is 2.85 bits per heavy atom. The van der Waals surface area contributed by atoms with Crippen LogP contribution in [-0.4, -0.2) is 28.4 Å². The first-order chi connectivity index (χ1) is 6.15. The van der Waals surface area contributed by atoms with Gasteiger partial charge < -0.3 is 4.90 Å². The zero-order chi connectivity index (χ0) is 9.84. The summed E-state index contributed by atoms with van der Waals surface area (Å²) in [5, 5.41) is 1.68. The maximum absolute atomic E-state index is 11.4. The van der Waals surface area contributed by atoms with Crippen LogP contribution in [0.2, 0.25) is 0 Å².